The smallest absolute Gasteiger partial charge is 0.323 e. The van der Waals surface area contributed by atoms with Crippen molar-refractivity contribution in [2.45, 2.75) is 13.0 Å². The molecule has 0 atom stereocenters. The number of methoxy groups -OCH3 is 1. The van der Waals surface area contributed by atoms with Crippen molar-refractivity contribution in [2.75, 3.05) is 13.7 Å². The van der Waals surface area contributed by atoms with Gasteiger partial charge in [-0.05, 0) is 35.4 Å². The van der Waals surface area contributed by atoms with E-state index in [1.165, 1.54) is 0 Å². The number of fused-ring (bicyclic) bond motifs is 1. The maximum Gasteiger partial charge on any atom is 0.323 e. The molecule has 0 amide bonds. The molecule has 0 saturated heterocycles. The molecule has 0 radical (unpaired) electrons. The van der Waals surface area contributed by atoms with E-state index < -0.39 is 5.97 Å². The highest BCUT2D eigenvalue weighted by Crippen LogP contribution is 2.28. The van der Waals surface area contributed by atoms with Crippen LogP contribution in [0.1, 0.15) is 5.56 Å². The van der Waals surface area contributed by atoms with Crippen LogP contribution in [0.4, 0.5) is 0 Å². The summed E-state index contributed by atoms with van der Waals surface area (Å²) in [5.41, 5.74) is 3.76. The lowest BCUT2D eigenvalue weighted by molar-refractivity contribution is -0.137. The molecule has 0 spiro atoms. The summed E-state index contributed by atoms with van der Waals surface area (Å²) in [4.78, 5) is 19.5. The van der Waals surface area contributed by atoms with Crippen molar-refractivity contribution in [1.29, 1.82) is 0 Å². The second-order valence-electron chi connectivity index (χ2n) is 6.78. The van der Waals surface area contributed by atoms with Gasteiger partial charge in [0.05, 0.1) is 19.9 Å². The number of hydrogen-bond acceptors (Lipinski definition) is 5. The van der Waals surface area contributed by atoms with E-state index in [1.807, 2.05) is 36.4 Å². The van der Waals surface area contributed by atoms with Crippen LogP contribution < -0.4 is 9.47 Å². The number of pyridine rings is 2. The maximum absolute atomic E-state index is 10.9. The van der Waals surface area contributed by atoms with Gasteiger partial charge < -0.3 is 19.1 Å². The molecule has 7 nitrogen and oxygen atoms in total. The Morgan fingerprint density at radius 1 is 1.13 bits per heavy atom. The molecule has 152 valence electrons. The van der Waals surface area contributed by atoms with E-state index in [0.29, 0.717) is 23.9 Å². The van der Waals surface area contributed by atoms with E-state index in [1.54, 1.807) is 30.3 Å². The predicted octanol–water partition coefficient (Wildman–Crippen LogP) is 3.81. The second kappa shape index (κ2) is 8.65. The Labute approximate surface area is 173 Å². The Morgan fingerprint density at radius 2 is 2.03 bits per heavy atom. The van der Waals surface area contributed by atoms with Crippen LogP contribution in [0.5, 0.6) is 11.6 Å². The van der Waals surface area contributed by atoms with Gasteiger partial charge in [-0.3, -0.25) is 4.79 Å². The third-order valence-corrected chi connectivity index (χ3v) is 4.74. The SMILES string of the molecule is COc1ncccc1-c1cccc(CCOc2cnc3c(ccn3CC(=O)O)c2)c1. The highest BCUT2D eigenvalue weighted by atomic mass is 16.5. The third-order valence-electron chi connectivity index (χ3n) is 4.74. The minimum absolute atomic E-state index is 0.116. The largest absolute Gasteiger partial charge is 0.492 e. The topological polar surface area (TPSA) is 86.5 Å². The van der Waals surface area contributed by atoms with Crippen LogP contribution in [0.15, 0.2) is 67.1 Å². The maximum atomic E-state index is 10.9. The zero-order chi connectivity index (χ0) is 20.9. The molecular formula is C23H21N3O4. The summed E-state index contributed by atoms with van der Waals surface area (Å²) >= 11 is 0. The number of carboxylic acids is 1. The second-order valence-corrected chi connectivity index (χ2v) is 6.78. The van der Waals surface area contributed by atoms with Gasteiger partial charge in [-0.25, -0.2) is 9.97 Å². The Hall–Kier alpha value is -3.87. The lowest BCUT2D eigenvalue weighted by atomic mass is 10.0. The minimum atomic E-state index is -0.902. The Balaban J connectivity index is 1.43. The fraction of sp³-hybridized carbons (Fsp3) is 0.174. The highest BCUT2D eigenvalue weighted by Gasteiger charge is 2.09. The summed E-state index contributed by atoms with van der Waals surface area (Å²) in [6, 6.07) is 15.8. The van der Waals surface area contributed by atoms with Gasteiger partial charge in [0.15, 0.2) is 0 Å². The van der Waals surface area contributed by atoms with E-state index in [4.69, 9.17) is 14.6 Å². The number of carboxylic acid groups (broad SMARTS) is 1. The first-order chi connectivity index (χ1) is 14.6. The first kappa shape index (κ1) is 19.4. The van der Waals surface area contributed by atoms with Gasteiger partial charge in [0.1, 0.15) is 17.9 Å². The molecule has 3 heterocycles. The zero-order valence-corrected chi connectivity index (χ0v) is 16.5. The lowest BCUT2D eigenvalue weighted by Gasteiger charge is -2.10. The summed E-state index contributed by atoms with van der Waals surface area (Å²) in [6.45, 7) is 0.380. The Bertz CT molecular complexity index is 1190. The molecule has 0 aliphatic carbocycles. The van der Waals surface area contributed by atoms with Crippen molar-refractivity contribution in [1.82, 2.24) is 14.5 Å². The van der Waals surface area contributed by atoms with Crippen LogP contribution in [-0.2, 0) is 17.8 Å². The number of rotatable bonds is 8. The van der Waals surface area contributed by atoms with Gasteiger partial charge >= 0.3 is 5.97 Å². The fourth-order valence-corrected chi connectivity index (χ4v) is 3.36. The number of ether oxygens (including phenoxy) is 2. The molecule has 0 saturated carbocycles. The molecule has 0 fully saturated rings. The quantitative estimate of drug-likeness (QED) is 0.481. The van der Waals surface area contributed by atoms with Crippen LogP contribution in [0, 0.1) is 0 Å². The molecule has 30 heavy (non-hydrogen) atoms. The van der Waals surface area contributed by atoms with Crippen molar-refractivity contribution < 1.29 is 19.4 Å². The minimum Gasteiger partial charge on any atom is -0.492 e. The van der Waals surface area contributed by atoms with E-state index >= 15 is 0 Å². The number of aromatic nitrogens is 3. The zero-order valence-electron chi connectivity index (χ0n) is 16.5. The molecule has 0 aliphatic heterocycles. The normalized spacial score (nSPS) is 10.8. The van der Waals surface area contributed by atoms with Crippen molar-refractivity contribution >= 4 is 17.0 Å². The van der Waals surface area contributed by atoms with E-state index in [0.717, 1.165) is 28.5 Å². The van der Waals surface area contributed by atoms with Gasteiger partial charge in [0, 0.05) is 29.8 Å². The van der Waals surface area contributed by atoms with Crippen molar-refractivity contribution in [3.05, 3.63) is 72.7 Å². The van der Waals surface area contributed by atoms with Crippen LogP contribution in [0.25, 0.3) is 22.2 Å². The van der Waals surface area contributed by atoms with Crippen LogP contribution in [0.3, 0.4) is 0 Å². The average molecular weight is 403 g/mol. The van der Waals surface area contributed by atoms with Gasteiger partial charge in [0.25, 0.3) is 0 Å². The van der Waals surface area contributed by atoms with Gasteiger partial charge in [-0.15, -0.1) is 0 Å². The summed E-state index contributed by atoms with van der Waals surface area (Å²) < 4.78 is 12.8. The number of carbonyl (C=O) groups is 1. The molecule has 1 N–H and O–H groups in total. The van der Waals surface area contributed by atoms with E-state index in [2.05, 4.69) is 22.1 Å². The van der Waals surface area contributed by atoms with Crippen molar-refractivity contribution in [3.8, 4) is 22.8 Å². The molecule has 3 aromatic heterocycles. The standard InChI is InChI=1S/C23H21N3O4/c1-29-23-20(6-3-9-24-23)17-5-2-4-16(12-17)8-11-30-19-13-18-7-10-26(15-21(27)28)22(18)25-14-19/h2-7,9-10,12-14H,8,11,15H2,1H3,(H,27,28). The number of nitrogens with zero attached hydrogens (tertiary/aromatic N) is 3. The molecule has 0 bridgehead atoms. The molecule has 0 aliphatic rings. The number of benzene rings is 1. The predicted molar refractivity (Wildman–Crippen MR) is 113 cm³/mol. The highest BCUT2D eigenvalue weighted by molar-refractivity contribution is 5.79. The molecule has 4 aromatic rings. The molecule has 1 aromatic carbocycles. The summed E-state index contributed by atoms with van der Waals surface area (Å²) in [5, 5.41) is 9.81. The summed E-state index contributed by atoms with van der Waals surface area (Å²) in [5.74, 6) is 0.349. The number of aliphatic carboxylic acids is 1. The van der Waals surface area contributed by atoms with Gasteiger partial charge in [-0.2, -0.15) is 0 Å². The van der Waals surface area contributed by atoms with Crippen molar-refractivity contribution in [3.63, 3.8) is 0 Å². The molecule has 7 heteroatoms. The van der Waals surface area contributed by atoms with Crippen LogP contribution in [-0.4, -0.2) is 39.3 Å². The summed E-state index contributed by atoms with van der Waals surface area (Å²) in [7, 11) is 1.62. The third kappa shape index (κ3) is 4.25. The lowest BCUT2D eigenvalue weighted by Crippen LogP contribution is -2.08. The monoisotopic (exact) mass is 403 g/mol. The fourth-order valence-electron chi connectivity index (χ4n) is 3.36. The molecule has 0 unspecified atom stereocenters. The van der Waals surface area contributed by atoms with Gasteiger partial charge in [-0.1, -0.05) is 24.3 Å². The average Bonchev–Trinajstić information content (AvgIpc) is 3.15. The van der Waals surface area contributed by atoms with Gasteiger partial charge in [0.2, 0.25) is 5.88 Å². The number of hydrogen-bond donors (Lipinski definition) is 1. The van der Waals surface area contributed by atoms with Crippen LogP contribution in [0.2, 0.25) is 0 Å². The molecular weight excluding hydrogens is 382 g/mol. The van der Waals surface area contributed by atoms with Crippen molar-refractivity contribution in [2.24, 2.45) is 0 Å². The Morgan fingerprint density at radius 3 is 2.87 bits per heavy atom. The first-order valence-electron chi connectivity index (χ1n) is 9.52. The summed E-state index contributed by atoms with van der Waals surface area (Å²) in [6.07, 6.45) is 5.78. The van der Waals surface area contributed by atoms with E-state index in [-0.39, 0.29) is 6.54 Å². The Kier molecular flexibility index (Phi) is 5.61. The van der Waals surface area contributed by atoms with E-state index in [9.17, 15) is 4.79 Å². The first-order valence-corrected chi connectivity index (χ1v) is 9.52. The molecule has 4 rings (SSSR count). The van der Waals surface area contributed by atoms with Crippen LogP contribution >= 0.6 is 0 Å².